The molecule has 0 radical (unpaired) electrons. The molecule has 0 bridgehead atoms. The molecule has 0 amide bonds. The Bertz CT molecular complexity index is 1240. The summed E-state index contributed by atoms with van der Waals surface area (Å²) in [5.41, 5.74) is 0.853. The topological polar surface area (TPSA) is 101 Å². The van der Waals surface area contributed by atoms with Gasteiger partial charge in [0.1, 0.15) is 12.3 Å². The third kappa shape index (κ3) is 5.44. The maximum atomic E-state index is 13.2. The Morgan fingerprint density at radius 2 is 1.59 bits per heavy atom. The molecule has 10 heteroatoms. The van der Waals surface area contributed by atoms with Crippen LogP contribution in [0.3, 0.4) is 0 Å². The SMILES string of the molecule is COP(=O)(/C=C\c1cc(C(=O)OCc2ccccc2)n(S(=O)(=O)c2ccccc2)c1)OC. The largest absolute Gasteiger partial charge is 0.456 e. The average Bonchev–Trinajstić information content (AvgIpc) is 3.28. The van der Waals surface area contributed by atoms with Gasteiger partial charge < -0.3 is 13.8 Å². The molecule has 3 aromatic rings. The Balaban J connectivity index is 2.00. The number of hydrogen-bond acceptors (Lipinski definition) is 7. The number of carbonyl (C=O) groups excluding carboxylic acids is 1. The summed E-state index contributed by atoms with van der Waals surface area (Å²) in [5.74, 6) is 0.357. The molecule has 0 atom stereocenters. The van der Waals surface area contributed by atoms with Crippen LogP contribution in [0, 0.1) is 0 Å². The van der Waals surface area contributed by atoms with Crippen LogP contribution >= 0.6 is 7.60 Å². The molecular weight excluding hydrogens is 453 g/mol. The lowest BCUT2D eigenvalue weighted by Crippen LogP contribution is -2.19. The molecule has 0 N–H and O–H groups in total. The Morgan fingerprint density at radius 1 is 1.00 bits per heavy atom. The highest BCUT2D eigenvalue weighted by molar-refractivity contribution is 7.90. The van der Waals surface area contributed by atoms with E-state index in [9.17, 15) is 17.8 Å². The van der Waals surface area contributed by atoms with E-state index in [0.717, 1.165) is 9.54 Å². The van der Waals surface area contributed by atoms with Gasteiger partial charge >= 0.3 is 13.6 Å². The number of rotatable bonds is 9. The van der Waals surface area contributed by atoms with Crippen molar-refractivity contribution in [3.05, 3.63) is 95.6 Å². The number of ether oxygens (including phenoxy) is 1. The third-order valence-electron chi connectivity index (χ3n) is 4.49. The predicted octanol–water partition coefficient (Wildman–Crippen LogP) is 4.54. The van der Waals surface area contributed by atoms with E-state index >= 15 is 0 Å². The van der Waals surface area contributed by atoms with E-state index in [1.807, 2.05) is 6.07 Å². The number of esters is 1. The molecule has 1 aromatic heterocycles. The maximum Gasteiger partial charge on any atom is 0.356 e. The van der Waals surface area contributed by atoms with Crippen LogP contribution < -0.4 is 0 Å². The fourth-order valence-corrected chi connectivity index (χ4v) is 4.90. The van der Waals surface area contributed by atoms with Crippen molar-refractivity contribution in [2.75, 3.05) is 14.2 Å². The zero-order valence-electron chi connectivity index (χ0n) is 17.5. The lowest BCUT2D eigenvalue weighted by Gasteiger charge is -2.10. The average molecular weight is 475 g/mol. The normalized spacial score (nSPS) is 12.2. The summed E-state index contributed by atoms with van der Waals surface area (Å²) in [4.78, 5) is 12.8. The Labute approximate surface area is 186 Å². The molecule has 168 valence electrons. The predicted molar refractivity (Wildman–Crippen MR) is 120 cm³/mol. The smallest absolute Gasteiger partial charge is 0.356 e. The van der Waals surface area contributed by atoms with Gasteiger partial charge in [-0.3, -0.25) is 4.57 Å². The Kier molecular flexibility index (Phi) is 7.48. The molecule has 0 fully saturated rings. The molecular formula is C22H22NO7PS. The quantitative estimate of drug-likeness (QED) is 0.331. The first-order chi connectivity index (χ1) is 15.3. The van der Waals surface area contributed by atoms with Crippen LogP contribution in [0.5, 0.6) is 0 Å². The molecule has 0 aliphatic carbocycles. The van der Waals surface area contributed by atoms with Crippen LogP contribution in [0.25, 0.3) is 6.08 Å². The number of carbonyl (C=O) groups is 1. The van der Waals surface area contributed by atoms with Crippen LogP contribution in [-0.2, 0) is 35.0 Å². The molecule has 3 rings (SSSR count). The van der Waals surface area contributed by atoms with Crippen LogP contribution in [-0.4, -0.2) is 32.6 Å². The van der Waals surface area contributed by atoms with Gasteiger partial charge in [0, 0.05) is 26.2 Å². The van der Waals surface area contributed by atoms with Gasteiger partial charge in [-0.25, -0.2) is 17.2 Å². The molecule has 0 aliphatic rings. The summed E-state index contributed by atoms with van der Waals surface area (Å²) >= 11 is 0. The summed E-state index contributed by atoms with van der Waals surface area (Å²) in [6, 6.07) is 18.0. The first-order valence-electron chi connectivity index (χ1n) is 9.43. The van der Waals surface area contributed by atoms with Crippen molar-refractivity contribution < 1.29 is 31.6 Å². The van der Waals surface area contributed by atoms with Crippen molar-refractivity contribution in [3.8, 4) is 0 Å². The lowest BCUT2D eigenvalue weighted by molar-refractivity contribution is 0.0464. The molecule has 0 aliphatic heterocycles. The van der Waals surface area contributed by atoms with Gasteiger partial charge in [0.05, 0.1) is 4.90 Å². The highest BCUT2D eigenvalue weighted by Crippen LogP contribution is 2.48. The van der Waals surface area contributed by atoms with Crippen LogP contribution in [0.4, 0.5) is 0 Å². The van der Waals surface area contributed by atoms with Gasteiger partial charge in [-0.2, -0.15) is 0 Å². The van der Waals surface area contributed by atoms with Gasteiger partial charge in [0.15, 0.2) is 0 Å². The molecule has 32 heavy (non-hydrogen) atoms. The second-order valence-electron chi connectivity index (χ2n) is 6.56. The Hall–Kier alpha value is -2.97. The van der Waals surface area contributed by atoms with E-state index in [2.05, 4.69) is 0 Å². The summed E-state index contributed by atoms with van der Waals surface area (Å²) in [5, 5.41) is 0. The Morgan fingerprint density at radius 3 is 2.19 bits per heavy atom. The van der Waals surface area contributed by atoms with E-state index in [4.69, 9.17) is 13.8 Å². The fraction of sp³-hybridized carbons (Fsp3) is 0.136. The number of aromatic nitrogens is 1. The molecule has 0 spiro atoms. The van der Waals surface area contributed by atoms with E-state index in [-0.39, 0.29) is 17.2 Å². The van der Waals surface area contributed by atoms with E-state index in [0.29, 0.717) is 5.56 Å². The second kappa shape index (κ2) is 10.1. The lowest BCUT2D eigenvalue weighted by atomic mass is 10.2. The number of hydrogen-bond donors (Lipinski definition) is 0. The fourth-order valence-electron chi connectivity index (χ4n) is 2.78. The first-order valence-corrected chi connectivity index (χ1v) is 12.5. The minimum Gasteiger partial charge on any atom is -0.456 e. The van der Waals surface area contributed by atoms with Crippen LogP contribution in [0.1, 0.15) is 21.6 Å². The zero-order valence-corrected chi connectivity index (χ0v) is 19.2. The van der Waals surface area contributed by atoms with E-state index in [1.165, 1.54) is 50.5 Å². The number of benzene rings is 2. The van der Waals surface area contributed by atoms with Crippen molar-refractivity contribution in [2.24, 2.45) is 0 Å². The van der Waals surface area contributed by atoms with E-state index < -0.39 is 23.6 Å². The van der Waals surface area contributed by atoms with Crippen molar-refractivity contribution >= 4 is 29.7 Å². The van der Waals surface area contributed by atoms with E-state index in [1.54, 1.807) is 42.5 Å². The summed E-state index contributed by atoms with van der Waals surface area (Å²) in [6.07, 6.45) is 2.60. The van der Waals surface area contributed by atoms with Crippen molar-refractivity contribution in [1.82, 2.24) is 3.97 Å². The monoisotopic (exact) mass is 475 g/mol. The molecule has 0 unspecified atom stereocenters. The standard InChI is InChI=1S/C22H22NO7PS/c1-28-31(25,29-2)14-13-19-15-21(22(24)30-17-18-9-5-3-6-10-18)23(16-19)32(26,27)20-11-7-4-8-12-20/h3-16H,17H2,1-2H3/b14-13-. The first kappa shape index (κ1) is 23.7. The minimum atomic E-state index is -4.09. The van der Waals surface area contributed by atoms with Crippen LogP contribution in [0.15, 0.2) is 83.6 Å². The number of nitrogens with zero attached hydrogens (tertiary/aromatic N) is 1. The minimum absolute atomic E-state index is 0.00249. The van der Waals surface area contributed by atoms with Crippen molar-refractivity contribution in [3.63, 3.8) is 0 Å². The molecule has 2 aromatic carbocycles. The molecule has 8 nitrogen and oxygen atoms in total. The maximum absolute atomic E-state index is 13.2. The van der Waals surface area contributed by atoms with Gasteiger partial charge in [0.25, 0.3) is 10.0 Å². The van der Waals surface area contributed by atoms with Gasteiger partial charge in [0.2, 0.25) is 0 Å². The highest BCUT2D eigenvalue weighted by Gasteiger charge is 2.25. The highest BCUT2D eigenvalue weighted by atomic mass is 32.2. The summed E-state index contributed by atoms with van der Waals surface area (Å²) < 4.78 is 54.5. The van der Waals surface area contributed by atoms with Crippen molar-refractivity contribution in [1.29, 1.82) is 0 Å². The van der Waals surface area contributed by atoms with Gasteiger partial charge in [-0.15, -0.1) is 0 Å². The molecule has 0 saturated carbocycles. The van der Waals surface area contributed by atoms with Crippen LogP contribution in [0.2, 0.25) is 0 Å². The third-order valence-corrected chi connectivity index (χ3v) is 7.71. The van der Waals surface area contributed by atoms with Crippen molar-refractivity contribution in [2.45, 2.75) is 11.5 Å². The summed E-state index contributed by atoms with van der Waals surface area (Å²) in [7, 11) is -5.12. The zero-order chi connectivity index (χ0) is 23.2. The summed E-state index contributed by atoms with van der Waals surface area (Å²) in [6.45, 7) is -0.0238. The molecule has 1 heterocycles. The van der Waals surface area contributed by atoms with Gasteiger partial charge in [-0.1, -0.05) is 48.5 Å². The van der Waals surface area contributed by atoms with Gasteiger partial charge in [-0.05, 0) is 35.4 Å². The second-order valence-corrected chi connectivity index (χ2v) is 10.5. The molecule has 0 saturated heterocycles.